The summed E-state index contributed by atoms with van der Waals surface area (Å²) in [5.41, 5.74) is -0.250. The van der Waals surface area contributed by atoms with Crippen LogP contribution >= 0.6 is 0 Å². The zero-order valence-corrected chi connectivity index (χ0v) is 7.54. The van der Waals surface area contributed by atoms with Crippen LogP contribution in [0.2, 0.25) is 0 Å². The fourth-order valence-electron chi connectivity index (χ4n) is 0.914. The summed E-state index contributed by atoms with van der Waals surface area (Å²) in [6, 6.07) is 1.07. The Bertz CT molecular complexity index is 459. The van der Waals surface area contributed by atoms with Gasteiger partial charge in [0, 0.05) is 0 Å². The van der Waals surface area contributed by atoms with E-state index in [-0.39, 0.29) is 17.7 Å². The lowest BCUT2D eigenvalue weighted by Gasteiger charge is -1.96. The van der Waals surface area contributed by atoms with Gasteiger partial charge in [-0.1, -0.05) is 11.8 Å². The third-order valence-corrected chi connectivity index (χ3v) is 1.52. The van der Waals surface area contributed by atoms with E-state index in [0.29, 0.717) is 11.0 Å². The van der Waals surface area contributed by atoms with Crippen molar-refractivity contribution in [2.75, 3.05) is 0 Å². The van der Waals surface area contributed by atoms with E-state index >= 15 is 0 Å². The van der Waals surface area contributed by atoms with E-state index in [2.05, 4.69) is 11.8 Å². The highest BCUT2D eigenvalue weighted by molar-refractivity contribution is 5.56. The minimum atomic E-state index is -0.634. The van der Waals surface area contributed by atoms with Crippen molar-refractivity contribution < 1.29 is 14.4 Å². The molecule has 0 aromatic carbocycles. The molecular formula is C9H6N2O4. The Labute approximate surface area is 84.9 Å². The molecule has 0 aliphatic heterocycles. The van der Waals surface area contributed by atoms with Gasteiger partial charge in [-0.2, -0.15) is 4.73 Å². The van der Waals surface area contributed by atoms with Gasteiger partial charge in [0.05, 0.1) is 17.4 Å². The van der Waals surface area contributed by atoms with Gasteiger partial charge in [0.25, 0.3) is 5.69 Å². The lowest BCUT2D eigenvalue weighted by molar-refractivity contribution is -0.606. The second-order valence-corrected chi connectivity index (χ2v) is 2.53. The summed E-state index contributed by atoms with van der Waals surface area (Å²) in [5, 5.41) is 21.4. The Morgan fingerprint density at radius 3 is 2.93 bits per heavy atom. The number of hydrogen-bond donors (Lipinski definition) is 0. The van der Waals surface area contributed by atoms with Crippen LogP contribution in [0.4, 0.5) is 5.69 Å². The molecule has 0 saturated heterocycles. The van der Waals surface area contributed by atoms with Crippen LogP contribution in [0.1, 0.15) is 12.0 Å². The lowest BCUT2D eigenvalue weighted by atomic mass is 10.2. The first-order chi connectivity index (χ1) is 7.15. The Kier molecular flexibility index (Phi) is 3.35. The normalized spacial score (nSPS) is 8.80. The largest absolute Gasteiger partial charge is 0.619 e. The third kappa shape index (κ3) is 2.77. The summed E-state index contributed by atoms with van der Waals surface area (Å²) in [4.78, 5) is 19.9. The van der Waals surface area contributed by atoms with Crippen molar-refractivity contribution >= 4 is 12.0 Å². The SMILES string of the molecule is O=CCC#Cc1c[n+]([O-])ccc1[N+](=O)[O-]. The van der Waals surface area contributed by atoms with Crippen molar-refractivity contribution in [1.29, 1.82) is 0 Å². The number of hydrogen-bond acceptors (Lipinski definition) is 4. The topological polar surface area (TPSA) is 87.2 Å². The fourth-order valence-corrected chi connectivity index (χ4v) is 0.914. The first-order valence-corrected chi connectivity index (χ1v) is 3.95. The number of nitro groups is 1. The van der Waals surface area contributed by atoms with Crippen LogP contribution in [0.15, 0.2) is 18.5 Å². The summed E-state index contributed by atoms with van der Waals surface area (Å²) in [6.45, 7) is 0. The van der Waals surface area contributed by atoms with Crippen LogP contribution in [0.3, 0.4) is 0 Å². The molecule has 0 N–H and O–H groups in total. The maximum atomic E-state index is 10.9. The van der Waals surface area contributed by atoms with Gasteiger partial charge in [-0.25, -0.2) is 0 Å². The first-order valence-electron chi connectivity index (χ1n) is 3.95. The molecular weight excluding hydrogens is 200 g/mol. The van der Waals surface area contributed by atoms with Crippen LogP contribution in [-0.2, 0) is 4.79 Å². The molecule has 76 valence electrons. The molecule has 1 aromatic rings. The lowest BCUT2D eigenvalue weighted by Crippen LogP contribution is -2.25. The molecule has 0 spiro atoms. The number of aldehydes is 1. The zero-order valence-electron chi connectivity index (χ0n) is 7.54. The number of rotatable bonds is 2. The minimum Gasteiger partial charge on any atom is -0.619 e. The van der Waals surface area contributed by atoms with E-state index in [1.807, 2.05) is 0 Å². The molecule has 1 heterocycles. The smallest absolute Gasteiger partial charge is 0.297 e. The average molecular weight is 206 g/mol. The monoisotopic (exact) mass is 206 g/mol. The predicted molar refractivity (Wildman–Crippen MR) is 49.6 cm³/mol. The van der Waals surface area contributed by atoms with Gasteiger partial charge in [-0.05, 0) is 0 Å². The van der Waals surface area contributed by atoms with Crippen LogP contribution in [0, 0.1) is 27.2 Å². The Morgan fingerprint density at radius 1 is 1.60 bits per heavy atom. The molecule has 0 fully saturated rings. The molecule has 0 radical (unpaired) electrons. The van der Waals surface area contributed by atoms with Gasteiger partial charge in [0.1, 0.15) is 6.29 Å². The summed E-state index contributed by atoms with van der Waals surface area (Å²) < 4.78 is 0.415. The van der Waals surface area contributed by atoms with E-state index in [9.17, 15) is 20.1 Å². The maximum Gasteiger partial charge on any atom is 0.297 e. The molecule has 0 unspecified atom stereocenters. The molecule has 15 heavy (non-hydrogen) atoms. The summed E-state index contributed by atoms with van der Waals surface area (Å²) in [7, 11) is 0. The second kappa shape index (κ2) is 4.72. The van der Waals surface area contributed by atoms with Crippen LogP contribution < -0.4 is 4.73 Å². The van der Waals surface area contributed by atoms with Gasteiger partial charge in [0.15, 0.2) is 11.8 Å². The molecule has 0 saturated carbocycles. The Hall–Kier alpha value is -2.42. The fraction of sp³-hybridized carbons (Fsp3) is 0.111. The van der Waals surface area contributed by atoms with Crippen LogP contribution in [-0.4, -0.2) is 11.2 Å². The molecule has 0 aliphatic rings. The van der Waals surface area contributed by atoms with E-state index in [1.54, 1.807) is 0 Å². The zero-order chi connectivity index (χ0) is 11.3. The molecule has 1 rings (SSSR count). The van der Waals surface area contributed by atoms with Crippen molar-refractivity contribution in [2.24, 2.45) is 0 Å². The van der Waals surface area contributed by atoms with Gasteiger partial charge in [0.2, 0.25) is 6.20 Å². The van der Waals surface area contributed by atoms with E-state index in [1.165, 1.54) is 0 Å². The van der Waals surface area contributed by atoms with E-state index in [4.69, 9.17) is 0 Å². The second-order valence-electron chi connectivity index (χ2n) is 2.53. The minimum absolute atomic E-state index is 0.000602. The molecule has 0 bridgehead atoms. The van der Waals surface area contributed by atoms with Gasteiger partial charge in [-0.3, -0.25) is 10.1 Å². The highest BCUT2D eigenvalue weighted by Gasteiger charge is 2.14. The van der Waals surface area contributed by atoms with Crippen molar-refractivity contribution in [1.82, 2.24) is 0 Å². The molecule has 0 atom stereocenters. The molecule has 6 nitrogen and oxygen atoms in total. The van der Waals surface area contributed by atoms with Crippen LogP contribution in [0.25, 0.3) is 0 Å². The number of carbonyl (C=O) groups excluding carboxylic acids is 1. The Morgan fingerprint density at radius 2 is 2.33 bits per heavy atom. The van der Waals surface area contributed by atoms with Crippen molar-refractivity contribution in [2.45, 2.75) is 6.42 Å². The summed E-state index contributed by atoms with van der Waals surface area (Å²) in [5.74, 6) is 4.79. The molecule has 1 aromatic heterocycles. The highest BCUT2D eigenvalue weighted by atomic mass is 16.6. The van der Waals surface area contributed by atoms with Crippen LogP contribution in [0.5, 0.6) is 0 Å². The average Bonchev–Trinajstić information content (AvgIpc) is 2.18. The molecule has 0 amide bonds. The molecule has 6 heteroatoms. The summed E-state index contributed by atoms with van der Waals surface area (Å²) in [6.07, 6.45) is 2.57. The standard InChI is InChI=1S/C9H6N2O4/c12-6-2-1-3-8-7-10(13)5-4-9(8)11(14)15/h4-7H,2H2. The summed E-state index contributed by atoms with van der Waals surface area (Å²) >= 11 is 0. The van der Waals surface area contributed by atoms with Gasteiger partial charge >= 0.3 is 0 Å². The van der Waals surface area contributed by atoms with Crippen molar-refractivity contribution in [3.63, 3.8) is 0 Å². The van der Waals surface area contributed by atoms with E-state index < -0.39 is 4.92 Å². The third-order valence-electron chi connectivity index (χ3n) is 1.52. The number of aromatic nitrogens is 1. The van der Waals surface area contributed by atoms with E-state index in [0.717, 1.165) is 18.5 Å². The highest BCUT2D eigenvalue weighted by Crippen LogP contribution is 2.13. The number of nitrogens with zero attached hydrogens (tertiary/aromatic N) is 2. The van der Waals surface area contributed by atoms with Crippen molar-refractivity contribution in [3.05, 3.63) is 39.3 Å². The number of pyridine rings is 1. The van der Waals surface area contributed by atoms with Crippen molar-refractivity contribution in [3.8, 4) is 11.8 Å². The quantitative estimate of drug-likeness (QED) is 0.172. The van der Waals surface area contributed by atoms with Gasteiger partial charge < -0.3 is 10.0 Å². The molecule has 0 aliphatic carbocycles. The Balaban J connectivity index is 3.14. The number of carbonyl (C=O) groups is 1. The van der Waals surface area contributed by atoms with Gasteiger partial charge in [-0.15, -0.1) is 0 Å². The predicted octanol–water partition coefficient (Wildman–Crippen LogP) is 0.169. The maximum absolute atomic E-state index is 10.9. The first kappa shape index (κ1) is 10.7.